The molecule has 2 atom stereocenters. The number of rotatable bonds is 2. The molecule has 1 N–H and O–H groups in total. The summed E-state index contributed by atoms with van der Waals surface area (Å²) in [6, 6.07) is 1.46. The van der Waals surface area contributed by atoms with Gasteiger partial charge >= 0.3 is 0 Å². The molecule has 1 saturated heterocycles. The second-order valence-corrected chi connectivity index (χ2v) is 5.65. The number of hydrogen-bond donors (Lipinski definition) is 1. The van der Waals surface area contributed by atoms with Crippen LogP contribution in [0.5, 0.6) is 0 Å². The first-order valence-corrected chi connectivity index (χ1v) is 6.68. The third kappa shape index (κ3) is 2.21. The maximum absolute atomic E-state index is 3.81. The van der Waals surface area contributed by atoms with E-state index in [0.29, 0.717) is 11.6 Å². The van der Waals surface area contributed by atoms with Crippen LogP contribution in [0.4, 0.5) is 0 Å². The zero-order valence-corrected chi connectivity index (χ0v) is 10.6. The van der Waals surface area contributed by atoms with Crippen molar-refractivity contribution >= 4 is 0 Å². The lowest BCUT2D eigenvalue weighted by Gasteiger charge is -2.47. The molecule has 0 bridgehead atoms. The fourth-order valence-corrected chi connectivity index (χ4v) is 3.25. The Labute approximate surface area is 94.4 Å². The third-order valence-electron chi connectivity index (χ3n) is 4.54. The molecular weight excluding hydrogens is 184 g/mol. The fourth-order valence-electron chi connectivity index (χ4n) is 3.25. The van der Waals surface area contributed by atoms with Gasteiger partial charge in [0.1, 0.15) is 0 Å². The van der Waals surface area contributed by atoms with Crippen molar-refractivity contribution in [2.45, 2.75) is 70.5 Å². The quantitative estimate of drug-likeness (QED) is 0.753. The van der Waals surface area contributed by atoms with Gasteiger partial charge in [-0.05, 0) is 33.1 Å². The molecule has 1 aliphatic heterocycles. The first kappa shape index (κ1) is 11.4. The van der Waals surface area contributed by atoms with Gasteiger partial charge in [-0.25, -0.2) is 0 Å². The van der Waals surface area contributed by atoms with Gasteiger partial charge in [-0.1, -0.05) is 19.8 Å². The summed E-state index contributed by atoms with van der Waals surface area (Å²) in [6.07, 6.45) is 6.92. The highest BCUT2D eigenvalue weighted by molar-refractivity contribution is 5.00. The van der Waals surface area contributed by atoms with Crippen molar-refractivity contribution in [2.24, 2.45) is 0 Å². The minimum Gasteiger partial charge on any atom is -0.308 e. The zero-order valence-electron chi connectivity index (χ0n) is 10.6. The Hall–Kier alpha value is -0.0800. The lowest BCUT2D eigenvalue weighted by molar-refractivity contribution is 0.0554. The molecule has 0 aromatic rings. The Morgan fingerprint density at radius 2 is 2.07 bits per heavy atom. The van der Waals surface area contributed by atoms with Crippen LogP contribution in [0.1, 0.15) is 52.9 Å². The van der Waals surface area contributed by atoms with Crippen LogP contribution in [0.3, 0.4) is 0 Å². The second kappa shape index (κ2) is 4.42. The molecule has 0 amide bonds. The van der Waals surface area contributed by atoms with Crippen molar-refractivity contribution < 1.29 is 0 Å². The Bertz CT molecular complexity index is 205. The van der Waals surface area contributed by atoms with E-state index in [9.17, 15) is 0 Å². The molecule has 15 heavy (non-hydrogen) atoms. The van der Waals surface area contributed by atoms with E-state index in [1.807, 2.05) is 0 Å². The zero-order chi connectivity index (χ0) is 10.9. The molecule has 0 aromatic heterocycles. The van der Waals surface area contributed by atoms with E-state index in [1.165, 1.54) is 45.2 Å². The SMILES string of the molecule is CCC(C)N1CC2(CCCC2)NCC1C. The van der Waals surface area contributed by atoms with Crippen LogP contribution in [0.15, 0.2) is 0 Å². The fraction of sp³-hybridized carbons (Fsp3) is 1.00. The molecule has 1 aliphatic carbocycles. The maximum atomic E-state index is 3.81. The Morgan fingerprint density at radius 3 is 2.67 bits per heavy atom. The first-order valence-electron chi connectivity index (χ1n) is 6.68. The van der Waals surface area contributed by atoms with Crippen LogP contribution in [0.25, 0.3) is 0 Å². The Morgan fingerprint density at radius 1 is 1.40 bits per heavy atom. The average molecular weight is 210 g/mol. The molecule has 1 spiro atoms. The van der Waals surface area contributed by atoms with Crippen molar-refractivity contribution in [3.05, 3.63) is 0 Å². The van der Waals surface area contributed by atoms with E-state index < -0.39 is 0 Å². The van der Waals surface area contributed by atoms with Gasteiger partial charge in [0.15, 0.2) is 0 Å². The summed E-state index contributed by atoms with van der Waals surface area (Å²) in [5.41, 5.74) is 0.482. The van der Waals surface area contributed by atoms with Gasteiger partial charge in [0, 0.05) is 30.7 Å². The summed E-state index contributed by atoms with van der Waals surface area (Å²) in [4.78, 5) is 2.72. The second-order valence-electron chi connectivity index (χ2n) is 5.65. The molecule has 1 saturated carbocycles. The standard InChI is InChI=1S/C13H26N2/c1-4-11(2)15-10-13(7-5-6-8-13)14-9-12(15)3/h11-12,14H,4-10H2,1-3H3. The van der Waals surface area contributed by atoms with E-state index in [-0.39, 0.29) is 0 Å². The van der Waals surface area contributed by atoms with Crippen molar-refractivity contribution in [3.63, 3.8) is 0 Å². The topological polar surface area (TPSA) is 15.3 Å². The molecule has 2 aliphatic rings. The van der Waals surface area contributed by atoms with Crippen LogP contribution in [0, 0.1) is 0 Å². The molecule has 2 unspecified atom stereocenters. The van der Waals surface area contributed by atoms with E-state index in [1.54, 1.807) is 0 Å². The molecule has 2 fully saturated rings. The predicted molar refractivity (Wildman–Crippen MR) is 65.1 cm³/mol. The highest BCUT2D eigenvalue weighted by Crippen LogP contribution is 2.33. The third-order valence-corrected chi connectivity index (χ3v) is 4.54. The summed E-state index contributed by atoms with van der Waals surface area (Å²) in [5.74, 6) is 0. The normalized spacial score (nSPS) is 33.4. The Balaban J connectivity index is 2.03. The van der Waals surface area contributed by atoms with Crippen LogP contribution < -0.4 is 5.32 Å². The molecular formula is C13H26N2. The summed E-state index contributed by atoms with van der Waals surface area (Å²) in [6.45, 7) is 9.51. The molecule has 2 nitrogen and oxygen atoms in total. The summed E-state index contributed by atoms with van der Waals surface area (Å²) in [5, 5.41) is 3.81. The lowest BCUT2D eigenvalue weighted by Crippen LogP contribution is -2.64. The maximum Gasteiger partial charge on any atom is 0.0309 e. The number of nitrogens with one attached hydrogen (secondary N) is 1. The molecule has 1 heterocycles. The van der Waals surface area contributed by atoms with Crippen molar-refractivity contribution in [1.29, 1.82) is 0 Å². The van der Waals surface area contributed by atoms with E-state index in [4.69, 9.17) is 0 Å². The van der Waals surface area contributed by atoms with Crippen LogP contribution in [-0.4, -0.2) is 35.6 Å². The average Bonchev–Trinajstić information content (AvgIpc) is 2.70. The van der Waals surface area contributed by atoms with E-state index in [2.05, 4.69) is 31.0 Å². The predicted octanol–water partition coefficient (Wildman–Crippen LogP) is 2.39. The minimum atomic E-state index is 0.482. The van der Waals surface area contributed by atoms with E-state index in [0.717, 1.165) is 6.04 Å². The highest BCUT2D eigenvalue weighted by atomic mass is 15.3. The Kier molecular flexibility index (Phi) is 3.36. The van der Waals surface area contributed by atoms with Gasteiger partial charge < -0.3 is 5.32 Å². The lowest BCUT2D eigenvalue weighted by atomic mass is 9.91. The molecule has 88 valence electrons. The number of hydrogen-bond acceptors (Lipinski definition) is 2. The van der Waals surface area contributed by atoms with Crippen molar-refractivity contribution in [2.75, 3.05) is 13.1 Å². The summed E-state index contributed by atoms with van der Waals surface area (Å²) < 4.78 is 0. The van der Waals surface area contributed by atoms with Crippen molar-refractivity contribution in [3.8, 4) is 0 Å². The molecule has 0 radical (unpaired) electrons. The van der Waals surface area contributed by atoms with Crippen molar-refractivity contribution in [1.82, 2.24) is 10.2 Å². The van der Waals surface area contributed by atoms with Crippen LogP contribution >= 0.6 is 0 Å². The first-order chi connectivity index (χ1) is 7.17. The van der Waals surface area contributed by atoms with Gasteiger partial charge in [-0.3, -0.25) is 4.90 Å². The molecule has 2 heteroatoms. The number of piperazine rings is 1. The summed E-state index contributed by atoms with van der Waals surface area (Å²) >= 11 is 0. The molecule has 2 rings (SSSR count). The van der Waals surface area contributed by atoms with Crippen LogP contribution in [-0.2, 0) is 0 Å². The molecule has 0 aromatic carbocycles. The minimum absolute atomic E-state index is 0.482. The monoisotopic (exact) mass is 210 g/mol. The van der Waals surface area contributed by atoms with Gasteiger partial charge in [0.05, 0.1) is 0 Å². The summed E-state index contributed by atoms with van der Waals surface area (Å²) in [7, 11) is 0. The van der Waals surface area contributed by atoms with Gasteiger partial charge in [-0.2, -0.15) is 0 Å². The van der Waals surface area contributed by atoms with Crippen LogP contribution in [0.2, 0.25) is 0 Å². The largest absolute Gasteiger partial charge is 0.308 e. The van der Waals surface area contributed by atoms with Gasteiger partial charge in [-0.15, -0.1) is 0 Å². The highest BCUT2D eigenvalue weighted by Gasteiger charge is 2.40. The van der Waals surface area contributed by atoms with Gasteiger partial charge in [0.25, 0.3) is 0 Å². The number of nitrogens with zero attached hydrogens (tertiary/aromatic N) is 1. The van der Waals surface area contributed by atoms with Gasteiger partial charge in [0.2, 0.25) is 0 Å². The smallest absolute Gasteiger partial charge is 0.0309 e. The van der Waals surface area contributed by atoms with E-state index >= 15 is 0 Å².